The van der Waals surface area contributed by atoms with E-state index in [4.69, 9.17) is 18.9 Å². The van der Waals surface area contributed by atoms with E-state index in [1.54, 1.807) is 7.05 Å². The molecule has 1 fully saturated rings. The Morgan fingerprint density at radius 3 is 2.62 bits per heavy atom. The molecule has 0 bridgehead atoms. The third-order valence-electron chi connectivity index (χ3n) is 5.97. The molecule has 0 atom stereocenters. The Bertz CT molecular complexity index is 916. The fourth-order valence-electron chi connectivity index (χ4n) is 4.15. The number of para-hydroxylation sites is 1. The van der Waals surface area contributed by atoms with E-state index in [9.17, 15) is 0 Å². The van der Waals surface area contributed by atoms with Crippen molar-refractivity contribution in [2.45, 2.75) is 31.7 Å². The van der Waals surface area contributed by atoms with Gasteiger partial charge in [-0.3, -0.25) is 4.99 Å². The fourth-order valence-corrected chi connectivity index (χ4v) is 4.15. The van der Waals surface area contributed by atoms with Crippen LogP contribution in [0, 0.1) is 0 Å². The van der Waals surface area contributed by atoms with Gasteiger partial charge in [0, 0.05) is 44.3 Å². The first-order valence-corrected chi connectivity index (χ1v) is 10.9. The van der Waals surface area contributed by atoms with Crippen molar-refractivity contribution < 1.29 is 18.9 Å². The highest BCUT2D eigenvalue weighted by Gasteiger charge is 2.35. The average Bonchev–Trinajstić information content (AvgIpc) is 3.29. The van der Waals surface area contributed by atoms with Crippen LogP contribution in [0.4, 0.5) is 0 Å². The molecule has 2 aliphatic heterocycles. The number of aliphatic imine (C=N–C) groups is 1. The molecular formula is C24H32IN3O4. The van der Waals surface area contributed by atoms with Gasteiger partial charge in [0.05, 0.1) is 6.61 Å². The van der Waals surface area contributed by atoms with Crippen molar-refractivity contribution in [2.24, 2.45) is 4.99 Å². The number of benzene rings is 2. The van der Waals surface area contributed by atoms with Crippen LogP contribution in [0.3, 0.4) is 0 Å². The van der Waals surface area contributed by atoms with Crippen LogP contribution in [0.15, 0.2) is 47.5 Å². The standard InChI is InChI=1S/C24H31N3O4.HI/c1-3-29-20-7-5-4-6-18(20)15-26-23(25-2)27-16-24(10-12-28-13-11-24)19-8-9-21-22(14-19)31-17-30-21;/h4-9,14H,3,10-13,15-17H2,1-2H3,(H2,25,26,27);1H. The second kappa shape index (κ2) is 11.6. The number of hydrogen-bond donors (Lipinski definition) is 2. The molecule has 0 amide bonds. The van der Waals surface area contributed by atoms with Gasteiger partial charge in [0.15, 0.2) is 17.5 Å². The van der Waals surface area contributed by atoms with Gasteiger partial charge in [-0.05, 0) is 43.5 Å². The molecule has 0 saturated carbocycles. The summed E-state index contributed by atoms with van der Waals surface area (Å²) in [6.45, 7) is 5.79. The van der Waals surface area contributed by atoms with Crippen LogP contribution in [0.2, 0.25) is 0 Å². The largest absolute Gasteiger partial charge is 0.494 e. The zero-order valence-corrected chi connectivity index (χ0v) is 21.0. The summed E-state index contributed by atoms with van der Waals surface area (Å²) in [4.78, 5) is 4.42. The summed E-state index contributed by atoms with van der Waals surface area (Å²) < 4.78 is 22.5. The third kappa shape index (κ3) is 5.58. The topological polar surface area (TPSA) is 73.3 Å². The van der Waals surface area contributed by atoms with Crippen molar-refractivity contribution in [3.8, 4) is 17.2 Å². The van der Waals surface area contributed by atoms with E-state index < -0.39 is 0 Å². The first-order chi connectivity index (χ1) is 15.2. The van der Waals surface area contributed by atoms with E-state index in [0.29, 0.717) is 13.2 Å². The number of nitrogens with one attached hydrogen (secondary N) is 2. The van der Waals surface area contributed by atoms with Gasteiger partial charge in [0.1, 0.15) is 5.75 Å². The van der Waals surface area contributed by atoms with E-state index in [0.717, 1.165) is 61.4 Å². The number of guanidine groups is 1. The first-order valence-electron chi connectivity index (χ1n) is 10.9. The van der Waals surface area contributed by atoms with Crippen LogP contribution in [0.5, 0.6) is 17.2 Å². The molecule has 32 heavy (non-hydrogen) atoms. The minimum atomic E-state index is -0.0555. The lowest BCUT2D eigenvalue weighted by Gasteiger charge is -2.38. The summed E-state index contributed by atoms with van der Waals surface area (Å²) in [7, 11) is 1.79. The highest BCUT2D eigenvalue weighted by Crippen LogP contribution is 2.40. The van der Waals surface area contributed by atoms with Gasteiger partial charge in [0.2, 0.25) is 6.79 Å². The molecule has 2 aromatic rings. The number of fused-ring (bicyclic) bond motifs is 1. The Balaban J connectivity index is 0.00000289. The molecule has 2 N–H and O–H groups in total. The summed E-state index contributed by atoms with van der Waals surface area (Å²) in [5.74, 6) is 3.29. The van der Waals surface area contributed by atoms with E-state index in [1.165, 1.54) is 5.56 Å². The van der Waals surface area contributed by atoms with Gasteiger partial charge in [0.25, 0.3) is 0 Å². The molecule has 4 rings (SSSR count). The van der Waals surface area contributed by atoms with Crippen LogP contribution < -0.4 is 24.8 Å². The number of ether oxygens (including phenoxy) is 4. The van der Waals surface area contributed by atoms with E-state index in [2.05, 4.69) is 33.8 Å². The molecule has 1 saturated heterocycles. The Morgan fingerprint density at radius 2 is 1.84 bits per heavy atom. The third-order valence-corrected chi connectivity index (χ3v) is 5.97. The lowest BCUT2D eigenvalue weighted by molar-refractivity contribution is 0.0513. The second-order valence-electron chi connectivity index (χ2n) is 7.78. The zero-order valence-electron chi connectivity index (χ0n) is 18.7. The van der Waals surface area contributed by atoms with Gasteiger partial charge in [-0.2, -0.15) is 0 Å². The van der Waals surface area contributed by atoms with Crippen LogP contribution in [0.25, 0.3) is 0 Å². The van der Waals surface area contributed by atoms with Gasteiger partial charge < -0.3 is 29.6 Å². The lowest BCUT2D eigenvalue weighted by Crippen LogP contribution is -2.47. The Hall–Kier alpha value is -2.20. The molecule has 2 aliphatic rings. The summed E-state index contributed by atoms with van der Waals surface area (Å²) in [6, 6.07) is 14.3. The van der Waals surface area contributed by atoms with Gasteiger partial charge in [-0.1, -0.05) is 24.3 Å². The Morgan fingerprint density at radius 1 is 1.06 bits per heavy atom. The molecule has 174 valence electrons. The molecule has 0 radical (unpaired) electrons. The Labute approximate surface area is 206 Å². The predicted molar refractivity (Wildman–Crippen MR) is 136 cm³/mol. The van der Waals surface area contributed by atoms with Gasteiger partial charge in [-0.15, -0.1) is 24.0 Å². The lowest BCUT2D eigenvalue weighted by atomic mass is 9.74. The number of nitrogens with zero attached hydrogens (tertiary/aromatic N) is 1. The molecule has 0 aromatic heterocycles. The number of halogens is 1. The molecule has 2 heterocycles. The quantitative estimate of drug-likeness (QED) is 0.309. The van der Waals surface area contributed by atoms with E-state index in [-0.39, 0.29) is 36.2 Å². The molecule has 0 unspecified atom stereocenters. The maximum absolute atomic E-state index is 5.73. The van der Waals surface area contributed by atoms with Gasteiger partial charge in [-0.25, -0.2) is 0 Å². The maximum atomic E-state index is 5.73. The summed E-state index contributed by atoms with van der Waals surface area (Å²) >= 11 is 0. The van der Waals surface area contributed by atoms with Gasteiger partial charge >= 0.3 is 0 Å². The molecular weight excluding hydrogens is 521 g/mol. The van der Waals surface area contributed by atoms with Crippen molar-refractivity contribution >= 4 is 29.9 Å². The van der Waals surface area contributed by atoms with E-state index in [1.807, 2.05) is 31.2 Å². The summed E-state index contributed by atoms with van der Waals surface area (Å²) in [5.41, 5.74) is 2.29. The fraction of sp³-hybridized carbons (Fsp3) is 0.458. The molecule has 8 heteroatoms. The molecule has 7 nitrogen and oxygen atoms in total. The monoisotopic (exact) mass is 553 g/mol. The van der Waals surface area contributed by atoms with Crippen LogP contribution >= 0.6 is 24.0 Å². The maximum Gasteiger partial charge on any atom is 0.231 e. The van der Waals surface area contributed by atoms with Crippen molar-refractivity contribution in [3.05, 3.63) is 53.6 Å². The normalized spacial score (nSPS) is 16.8. The van der Waals surface area contributed by atoms with Crippen molar-refractivity contribution in [3.63, 3.8) is 0 Å². The van der Waals surface area contributed by atoms with Crippen molar-refractivity contribution in [1.82, 2.24) is 10.6 Å². The van der Waals surface area contributed by atoms with Crippen LogP contribution in [-0.4, -0.2) is 46.2 Å². The minimum absolute atomic E-state index is 0. The summed E-state index contributed by atoms with van der Waals surface area (Å²) in [6.07, 6.45) is 1.87. The molecule has 0 spiro atoms. The number of hydrogen-bond acceptors (Lipinski definition) is 5. The predicted octanol–water partition coefficient (Wildman–Crippen LogP) is 3.85. The smallest absolute Gasteiger partial charge is 0.231 e. The molecule has 2 aromatic carbocycles. The number of rotatable bonds is 7. The minimum Gasteiger partial charge on any atom is -0.494 e. The second-order valence-corrected chi connectivity index (χ2v) is 7.78. The van der Waals surface area contributed by atoms with Crippen LogP contribution in [0.1, 0.15) is 30.9 Å². The highest BCUT2D eigenvalue weighted by atomic mass is 127. The summed E-state index contributed by atoms with van der Waals surface area (Å²) in [5, 5.41) is 6.96. The highest BCUT2D eigenvalue weighted by molar-refractivity contribution is 14.0. The first kappa shape index (κ1) is 24.4. The molecule has 0 aliphatic carbocycles. The van der Waals surface area contributed by atoms with Crippen molar-refractivity contribution in [2.75, 3.05) is 40.2 Å². The average molecular weight is 553 g/mol. The van der Waals surface area contributed by atoms with Crippen molar-refractivity contribution in [1.29, 1.82) is 0 Å². The Kier molecular flexibility index (Phi) is 8.86. The zero-order chi connectivity index (χ0) is 21.5. The van der Waals surface area contributed by atoms with Crippen LogP contribution in [-0.2, 0) is 16.7 Å². The van der Waals surface area contributed by atoms with E-state index >= 15 is 0 Å². The SMILES string of the molecule is CCOc1ccccc1CNC(=NC)NCC1(c2ccc3c(c2)OCO3)CCOCC1.I.